The van der Waals surface area contributed by atoms with Gasteiger partial charge in [-0.3, -0.25) is 9.59 Å². The van der Waals surface area contributed by atoms with Crippen molar-refractivity contribution < 1.29 is 14.3 Å². The van der Waals surface area contributed by atoms with Crippen LogP contribution in [0.1, 0.15) is 23.9 Å². The summed E-state index contributed by atoms with van der Waals surface area (Å²) >= 11 is 7.22. The Labute approximate surface area is 166 Å². The Morgan fingerprint density at radius 1 is 1.41 bits per heavy atom. The van der Waals surface area contributed by atoms with Crippen molar-refractivity contribution in [1.29, 1.82) is 0 Å². The van der Waals surface area contributed by atoms with Gasteiger partial charge in [-0.15, -0.1) is 10.2 Å². The molecular weight excluding hydrogens is 388 g/mol. The highest BCUT2D eigenvalue weighted by Crippen LogP contribution is 2.24. The Morgan fingerprint density at radius 3 is 2.85 bits per heavy atom. The van der Waals surface area contributed by atoms with Crippen LogP contribution in [-0.4, -0.2) is 53.2 Å². The molecule has 2 aromatic rings. The van der Waals surface area contributed by atoms with Crippen LogP contribution in [0.4, 0.5) is 5.13 Å². The van der Waals surface area contributed by atoms with Crippen molar-refractivity contribution in [1.82, 2.24) is 15.1 Å². The summed E-state index contributed by atoms with van der Waals surface area (Å²) in [5.74, 6) is -0.620. The van der Waals surface area contributed by atoms with Gasteiger partial charge in [0, 0.05) is 31.5 Å². The molecule has 144 valence electrons. The molecule has 9 heteroatoms. The summed E-state index contributed by atoms with van der Waals surface area (Å²) in [6, 6.07) is 7.47. The van der Waals surface area contributed by atoms with Crippen molar-refractivity contribution in [2.75, 3.05) is 25.6 Å². The van der Waals surface area contributed by atoms with E-state index in [4.69, 9.17) is 16.3 Å². The molecule has 1 aliphatic heterocycles. The number of nitrogens with one attached hydrogen (secondary N) is 1. The first-order valence-corrected chi connectivity index (χ1v) is 9.81. The number of anilines is 1. The third-order valence-electron chi connectivity index (χ3n) is 4.43. The van der Waals surface area contributed by atoms with Crippen LogP contribution in [0.3, 0.4) is 0 Å². The fourth-order valence-corrected chi connectivity index (χ4v) is 3.93. The lowest BCUT2D eigenvalue weighted by Gasteiger charge is -2.23. The highest BCUT2D eigenvalue weighted by atomic mass is 35.5. The van der Waals surface area contributed by atoms with Gasteiger partial charge >= 0.3 is 0 Å². The number of hydrogen-bond donors (Lipinski definition) is 1. The van der Waals surface area contributed by atoms with Gasteiger partial charge in [0.1, 0.15) is 5.01 Å². The van der Waals surface area contributed by atoms with Crippen LogP contribution in [0.5, 0.6) is 0 Å². The van der Waals surface area contributed by atoms with Gasteiger partial charge in [0.05, 0.1) is 18.6 Å². The smallest absolute Gasteiger partial charge is 0.231 e. The number of methoxy groups -OCH3 is 1. The normalized spacial score (nSPS) is 18.0. The minimum Gasteiger partial charge on any atom is -0.383 e. The van der Waals surface area contributed by atoms with Crippen LogP contribution in [0, 0.1) is 5.92 Å². The lowest BCUT2D eigenvalue weighted by atomic mass is 10.1. The molecule has 27 heavy (non-hydrogen) atoms. The standard InChI is InChI=1S/C18H21ClN4O3S/c1-11(10-26-2)23-9-13(8-16(23)24)17(25)20-18-22-21-15(27-18)7-12-3-5-14(19)6-4-12/h3-6,11,13H,7-10H2,1-2H3,(H,20,22,25)/t11-,13+/m0/s1. The number of carbonyl (C=O) groups is 2. The molecule has 1 aromatic heterocycles. The molecular formula is C18H21ClN4O3S. The quantitative estimate of drug-likeness (QED) is 0.761. The number of ether oxygens (including phenoxy) is 1. The highest BCUT2D eigenvalue weighted by Gasteiger charge is 2.36. The van der Waals surface area contributed by atoms with Crippen molar-refractivity contribution in [2.24, 2.45) is 5.92 Å². The molecule has 1 saturated heterocycles. The molecule has 2 amide bonds. The zero-order chi connectivity index (χ0) is 19.4. The first kappa shape index (κ1) is 19.7. The maximum atomic E-state index is 12.5. The third-order valence-corrected chi connectivity index (χ3v) is 5.53. The molecule has 0 spiro atoms. The lowest BCUT2D eigenvalue weighted by Crippen LogP contribution is -2.38. The van der Waals surface area contributed by atoms with Crippen molar-refractivity contribution >= 4 is 39.9 Å². The second kappa shape index (κ2) is 8.77. The Hall–Kier alpha value is -2.03. The Bertz CT molecular complexity index is 811. The van der Waals surface area contributed by atoms with Crippen LogP contribution >= 0.6 is 22.9 Å². The van der Waals surface area contributed by atoms with Crippen molar-refractivity contribution in [3.8, 4) is 0 Å². The number of likely N-dealkylation sites (tertiary alicyclic amines) is 1. The number of carbonyl (C=O) groups excluding carboxylic acids is 2. The number of halogens is 1. The van der Waals surface area contributed by atoms with Crippen LogP contribution in [0.2, 0.25) is 5.02 Å². The zero-order valence-corrected chi connectivity index (χ0v) is 16.7. The molecule has 2 heterocycles. The molecule has 1 N–H and O–H groups in total. The van der Waals surface area contributed by atoms with Gasteiger partial charge in [0.2, 0.25) is 16.9 Å². The summed E-state index contributed by atoms with van der Waals surface area (Å²) in [5.41, 5.74) is 1.07. The molecule has 7 nitrogen and oxygen atoms in total. The van der Waals surface area contributed by atoms with E-state index in [1.807, 2.05) is 31.2 Å². The fourth-order valence-electron chi connectivity index (χ4n) is 3.02. The highest BCUT2D eigenvalue weighted by molar-refractivity contribution is 7.15. The second-order valence-corrected chi connectivity index (χ2v) is 8.04. The summed E-state index contributed by atoms with van der Waals surface area (Å²) in [6.45, 7) is 2.76. The van der Waals surface area contributed by atoms with E-state index in [2.05, 4.69) is 15.5 Å². The average molecular weight is 409 g/mol. The van der Waals surface area contributed by atoms with Gasteiger partial charge in [0.15, 0.2) is 0 Å². The summed E-state index contributed by atoms with van der Waals surface area (Å²) in [5, 5.41) is 12.9. The van der Waals surface area contributed by atoms with E-state index in [-0.39, 0.29) is 30.2 Å². The first-order chi connectivity index (χ1) is 13.0. The Balaban J connectivity index is 1.56. The molecule has 1 aliphatic rings. The predicted octanol–water partition coefficient (Wildman–Crippen LogP) is 2.60. The number of nitrogens with zero attached hydrogens (tertiary/aromatic N) is 3. The van der Waals surface area contributed by atoms with Crippen LogP contribution in [0.15, 0.2) is 24.3 Å². The minimum absolute atomic E-state index is 0.0274. The van der Waals surface area contributed by atoms with Crippen LogP contribution < -0.4 is 5.32 Å². The monoisotopic (exact) mass is 408 g/mol. The predicted molar refractivity (Wildman–Crippen MR) is 104 cm³/mol. The Morgan fingerprint density at radius 2 is 2.15 bits per heavy atom. The molecule has 1 aromatic carbocycles. The topological polar surface area (TPSA) is 84.4 Å². The molecule has 0 saturated carbocycles. The fraction of sp³-hybridized carbons (Fsp3) is 0.444. The summed E-state index contributed by atoms with van der Waals surface area (Å²) < 4.78 is 5.10. The van der Waals surface area contributed by atoms with Crippen molar-refractivity contribution in [3.63, 3.8) is 0 Å². The number of aromatic nitrogens is 2. The van der Waals surface area contributed by atoms with Gasteiger partial charge in [-0.1, -0.05) is 35.1 Å². The summed E-state index contributed by atoms with van der Waals surface area (Å²) in [7, 11) is 1.60. The number of amides is 2. The van der Waals surface area contributed by atoms with E-state index >= 15 is 0 Å². The van der Waals surface area contributed by atoms with E-state index < -0.39 is 0 Å². The number of benzene rings is 1. The lowest BCUT2D eigenvalue weighted by molar-refractivity contribution is -0.130. The van der Waals surface area contributed by atoms with Gasteiger partial charge in [0.25, 0.3) is 0 Å². The minimum atomic E-state index is -0.388. The van der Waals surface area contributed by atoms with Gasteiger partial charge in [-0.2, -0.15) is 0 Å². The van der Waals surface area contributed by atoms with Crippen LogP contribution in [0.25, 0.3) is 0 Å². The third kappa shape index (κ3) is 5.03. The largest absolute Gasteiger partial charge is 0.383 e. The Kier molecular flexibility index (Phi) is 6.41. The van der Waals surface area contributed by atoms with Gasteiger partial charge in [-0.25, -0.2) is 0 Å². The second-order valence-electron chi connectivity index (χ2n) is 6.54. The number of rotatable bonds is 7. The summed E-state index contributed by atoms with van der Waals surface area (Å²) in [6.07, 6.45) is 0.825. The van der Waals surface area contributed by atoms with E-state index in [0.29, 0.717) is 29.7 Å². The van der Waals surface area contributed by atoms with E-state index in [1.165, 1.54) is 11.3 Å². The van der Waals surface area contributed by atoms with Crippen molar-refractivity contribution in [2.45, 2.75) is 25.8 Å². The van der Waals surface area contributed by atoms with Crippen LogP contribution in [-0.2, 0) is 20.7 Å². The summed E-state index contributed by atoms with van der Waals surface area (Å²) in [4.78, 5) is 26.3. The maximum absolute atomic E-state index is 12.5. The van der Waals surface area contributed by atoms with Crippen molar-refractivity contribution in [3.05, 3.63) is 39.9 Å². The average Bonchev–Trinajstić information content (AvgIpc) is 3.23. The molecule has 3 rings (SSSR count). The van der Waals surface area contributed by atoms with E-state index in [1.54, 1.807) is 12.0 Å². The molecule has 0 aliphatic carbocycles. The SMILES string of the molecule is COC[C@H](C)N1C[C@H](C(=O)Nc2nnc(Cc3ccc(Cl)cc3)s2)CC1=O. The van der Waals surface area contributed by atoms with E-state index in [0.717, 1.165) is 10.6 Å². The molecule has 0 radical (unpaired) electrons. The van der Waals surface area contributed by atoms with E-state index in [9.17, 15) is 9.59 Å². The molecule has 0 unspecified atom stereocenters. The first-order valence-electron chi connectivity index (χ1n) is 8.62. The molecule has 1 fully saturated rings. The van der Waals surface area contributed by atoms with Gasteiger partial charge in [-0.05, 0) is 24.6 Å². The molecule has 2 atom stereocenters. The molecule has 0 bridgehead atoms. The number of hydrogen-bond acceptors (Lipinski definition) is 6. The maximum Gasteiger partial charge on any atom is 0.231 e. The zero-order valence-electron chi connectivity index (χ0n) is 15.1. The van der Waals surface area contributed by atoms with Gasteiger partial charge < -0.3 is 15.0 Å².